The Balaban J connectivity index is 2.37. The normalized spacial score (nSPS) is 15.2. The van der Waals surface area contributed by atoms with E-state index in [1.807, 2.05) is 13.0 Å². The van der Waals surface area contributed by atoms with Gasteiger partial charge in [0.2, 0.25) is 10.0 Å². The summed E-state index contributed by atoms with van der Waals surface area (Å²) in [6.07, 6.45) is 3.72. The van der Waals surface area contributed by atoms with Crippen molar-refractivity contribution in [2.24, 2.45) is 0 Å². The third-order valence-corrected chi connectivity index (χ3v) is 5.57. The van der Waals surface area contributed by atoms with Gasteiger partial charge < -0.3 is 5.02 Å². The molecule has 1 aliphatic rings. The number of sulfonamides is 1. The zero-order valence-corrected chi connectivity index (χ0v) is 11.4. The Morgan fingerprint density at radius 1 is 1.53 bits per heavy atom. The Morgan fingerprint density at radius 2 is 2.24 bits per heavy atom. The first kappa shape index (κ1) is 12.7. The number of hydrogen-bond donors (Lipinski definition) is 1. The summed E-state index contributed by atoms with van der Waals surface area (Å²) in [5.41, 5.74) is 0.906. The van der Waals surface area contributed by atoms with Gasteiger partial charge >= 0.3 is 7.05 Å². The SMILES string of the molecule is CCCS(=O)(=O)N1C=Cc2cc(C)sc2B1O. The molecule has 0 amide bonds. The summed E-state index contributed by atoms with van der Waals surface area (Å²) in [5.74, 6) is 0.0497. The Bertz CT molecular complexity index is 550. The fourth-order valence-electron chi connectivity index (χ4n) is 1.84. The number of nitrogens with zero attached hydrogens (tertiary/aromatic N) is 1. The van der Waals surface area contributed by atoms with E-state index in [1.54, 1.807) is 13.0 Å². The van der Waals surface area contributed by atoms with Crippen LogP contribution >= 0.6 is 11.3 Å². The molecule has 0 unspecified atom stereocenters. The molecule has 0 saturated heterocycles. The molecule has 0 aliphatic carbocycles. The van der Waals surface area contributed by atoms with Crippen LogP contribution < -0.4 is 4.78 Å². The van der Waals surface area contributed by atoms with E-state index in [9.17, 15) is 13.4 Å². The van der Waals surface area contributed by atoms with Crippen molar-refractivity contribution in [1.29, 1.82) is 0 Å². The second-order valence-electron chi connectivity index (χ2n) is 4.01. The van der Waals surface area contributed by atoms with E-state index < -0.39 is 17.1 Å². The lowest BCUT2D eigenvalue weighted by atomic mass is 9.77. The highest BCUT2D eigenvalue weighted by molar-refractivity contribution is 7.90. The molecule has 0 radical (unpaired) electrons. The molecule has 17 heavy (non-hydrogen) atoms. The second kappa shape index (κ2) is 4.47. The van der Waals surface area contributed by atoms with E-state index in [4.69, 9.17) is 0 Å². The van der Waals surface area contributed by atoms with Gasteiger partial charge in [0.05, 0.1) is 5.75 Å². The first-order valence-electron chi connectivity index (χ1n) is 5.43. The monoisotopic (exact) mass is 271 g/mol. The molecule has 1 N–H and O–H groups in total. The van der Waals surface area contributed by atoms with Crippen molar-refractivity contribution in [3.05, 3.63) is 22.7 Å². The lowest BCUT2D eigenvalue weighted by Gasteiger charge is -2.25. The van der Waals surface area contributed by atoms with Crippen LogP contribution in [0.3, 0.4) is 0 Å². The fraction of sp³-hybridized carbons (Fsp3) is 0.400. The highest BCUT2D eigenvalue weighted by Gasteiger charge is 2.36. The maximum atomic E-state index is 11.9. The lowest BCUT2D eigenvalue weighted by Crippen LogP contribution is -2.50. The summed E-state index contributed by atoms with van der Waals surface area (Å²) in [7, 11) is -4.49. The van der Waals surface area contributed by atoms with Crippen LogP contribution in [0.15, 0.2) is 12.3 Å². The lowest BCUT2D eigenvalue weighted by molar-refractivity contribution is 0.511. The molecular weight excluding hydrogens is 257 g/mol. The summed E-state index contributed by atoms with van der Waals surface area (Å²) < 4.78 is 25.6. The van der Waals surface area contributed by atoms with Gasteiger partial charge in [0.15, 0.2) is 0 Å². The van der Waals surface area contributed by atoms with Gasteiger partial charge in [0.1, 0.15) is 0 Å². The number of thiophene rings is 1. The minimum Gasteiger partial charge on any atom is -0.427 e. The van der Waals surface area contributed by atoms with E-state index in [1.165, 1.54) is 17.5 Å². The summed E-state index contributed by atoms with van der Waals surface area (Å²) in [5, 5.41) is 10.1. The molecule has 2 rings (SSSR count). The van der Waals surface area contributed by atoms with Crippen LogP contribution in [0.1, 0.15) is 23.8 Å². The van der Waals surface area contributed by atoms with E-state index in [0.717, 1.165) is 14.7 Å². The van der Waals surface area contributed by atoms with E-state index >= 15 is 0 Å². The van der Waals surface area contributed by atoms with Crippen LogP contribution in [-0.4, -0.2) is 30.5 Å². The maximum absolute atomic E-state index is 11.9. The van der Waals surface area contributed by atoms with Crippen LogP contribution in [0.2, 0.25) is 0 Å². The predicted molar refractivity (Wildman–Crippen MR) is 71.6 cm³/mol. The second-order valence-corrected chi connectivity index (χ2v) is 7.29. The average Bonchev–Trinajstić information content (AvgIpc) is 2.59. The Kier molecular flexibility index (Phi) is 3.33. The summed E-state index contributed by atoms with van der Waals surface area (Å²) in [6.45, 7) is 3.74. The van der Waals surface area contributed by atoms with Gasteiger partial charge in [0, 0.05) is 15.9 Å². The molecule has 0 saturated carbocycles. The largest absolute Gasteiger partial charge is 0.474 e. The molecule has 1 aromatic heterocycles. The van der Waals surface area contributed by atoms with E-state index in [-0.39, 0.29) is 5.75 Å². The first-order valence-corrected chi connectivity index (χ1v) is 7.86. The van der Waals surface area contributed by atoms with Crippen LogP contribution in [0.25, 0.3) is 6.08 Å². The van der Waals surface area contributed by atoms with Crippen molar-refractivity contribution < 1.29 is 13.4 Å². The van der Waals surface area contributed by atoms with Crippen LogP contribution in [0, 0.1) is 6.92 Å². The average molecular weight is 271 g/mol. The molecule has 7 heteroatoms. The number of hydrogen-bond acceptors (Lipinski definition) is 4. The van der Waals surface area contributed by atoms with Crippen molar-refractivity contribution in [3.8, 4) is 0 Å². The van der Waals surface area contributed by atoms with Crippen molar-refractivity contribution >= 4 is 39.3 Å². The molecule has 1 aliphatic heterocycles. The highest BCUT2D eigenvalue weighted by Crippen LogP contribution is 2.21. The molecule has 0 atom stereocenters. The molecule has 0 aromatic carbocycles. The Morgan fingerprint density at radius 3 is 2.88 bits per heavy atom. The third kappa shape index (κ3) is 2.27. The van der Waals surface area contributed by atoms with Crippen molar-refractivity contribution in [1.82, 2.24) is 4.22 Å². The molecule has 0 spiro atoms. The minimum absolute atomic E-state index is 0.0497. The quantitative estimate of drug-likeness (QED) is 0.826. The minimum atomic E-state index is -3.41. The summed E-state index contributed by atoms with van der Waals surface area (Å²) >= 11 is 1.43. The van der Waals surface area contributed by atoms with Crippen LogP contribution in [-0.2, 0) is 10.0 Å². The molecular formula is C10H14BNO3S2. The Hall–Kier alpha value is -0.785. The molecule has 0 fully saturated rings. The maximum Gasteiger partial charge on any atom is 0.474 e. The van der Waals surface area contributed by atoms with Crippen LogP contribution in [0.4, 0.5) is 0 Å². The van der Waals surface area contributed by atoms with E-state index in [2.05, 4.69) is 0 Å². The molecule has 92 valence electrons. The van der Waals surface area contributed by atoms with Crippen molar-refractivity contribution in [2.45, 2.75) is 20.3 Å². The fourth-order valence-corrected chi connectivity index (χ4v) is 4.29. The molecule has 0 bridgehead atoms. The van der Waals surface area contributed by atoms with Gasteiger partial charge in [-0.15, -0.1) is 11.3 Å². The van der Waals surface area contributed by atoms with Crippen molar-refractivity contribution in [3.63, 3.8) is 0 Å². The molecule has 2 heterocycles. The standard InChI is InChI=1S/C10H14BNO3S2/c1-3-6-17(14,15)12-5-4-9-7-8(2)16-10(9)11(12)13/h4-5,7,13H,3,6H2,1-2H3. The third-order valence-electron chi connectivity index (χ3n) is 2.57. The van der Waals surface area contributed by atoms with E-state index in [0.29, 0.717) is 11.2 Å². The first-order chi connectivity index (χ1) is 7.95. The van der Waals surface area contributed by atoms with Gasteiger partial charge in [-0.3, -0.25) is 4.22 Å². The topological polar surface area (TPSA) is 57.6 Å². The predicted octanol–water partition coefficient (Wildman–Crippen LogP) is 0.770. The van der Waals surface area contributed by atoms with Gasteiger partial charge in [-0.05, 0) is 31.1 Å². The Labute approximate surface area is 106 Å². The van der Waals surface area contributed by atoms with Crippen LogP contribution in [0.5, 0.6) is 0 Å². The molecule has 1 aromatic rings. The van der Waals surface area contributed by atoms with Gasteiger partial charge in [-0.25, -0.2) is 8.42 Å². The molecule has 4 nitrogen and oxygen atoms in total. The zero-order chi connectivity index (χ0) is 12.6. The number of aryl methyl sites for hydroxylation is 1. The number of fused-ring (bicyclic) bond motifs is 1. The smallest absolute Gasteiger partial charge is 0.427 e. The summed E-state index contributed by atoms with van der Waals surface area (Å²) in [4.78, 5) is 1.06. The van der Waals surface area contributed by atoms with Crippen molar-refractivity contribution in [2.75, 3.05) is 5.75 Å². The highest BCUT2D eigenvalue weighted by atomic mass is 32.2. The van der Waals surface area contributed by atoms with Gasteiger partial charge in [-0.2, -0.15) is 0 Å². The van der Waals surface area contributed by atoms with Gasteiger partial charge in [0.25, 0.3) is 0 Å². The zero-order valence-electron chi connectivity index (χ0n) is 9.75. The summed E-state index contributed by atoms with van der Waals surface area (Å²) in [6, 6.07) is 1.95. The van der Waals surface area contributed by atoms with Gasteiger partial charge in [-0.1, -0.05) is 6.92 Å². The number of rotatable bonds is 3.